The minimum Gasteiger partial charge on any atom is -0.326 e. The normalized spacial score (nSPS) is 17.0. The molecule has 1 aromatic heterocycles. The standard InChI is InChI=1S/C17H19FN2O/c1-11(12-4-2-3-5-12)17(21)20-15-6-7-16-13(9-15)8-14(18)10-19-16/h6-12H,2-5H2,1H3,(H,20,21). The second-order valence-electron chi connectivity index (χ2n) is 5.88. The van der Waals surface area contributed by atoms with Crippen LogP contribution in [0.4, 0.5) is 10.1 Å². The van der Waals surface area contributed by atoms with Gasteiger partial charge in [-0.25, -0.2) is 4.39 Å². The molecule has 1 saturated carbocycles. The summed E-state index contributed by atoms with van der Waals surface area (Å²) >= 11 is 0. The largest absolute Gasteiger partial charge is 0.326 e. The number of rotatable bonds is 3. The Labute approximate surface area is 123 Å². The lowest BCUT2D eigenvalue weighted by atomic mass is 9.92. The van der Waals surface area contributed by atoms with Gasteiger partial charge < -0.3 is 5.32 Å². The Hall–Kier alpha value is -1.97. The summed E-state index contributed by atoms with van der Waals surface area (Å²) in [4.78, 5) is 16.3. The van der Waals surface area contributed by atoms with Crippen molar-refractivity contribution in [3.8, 4) is 0 Å². The number of carbonyl (C=O) groups excluding carboxylic acids is 1. The number of anilines is 1. The molecule has 1 aromatic carbocycles. The molecule has 0 spiro atoms. The summed E-state index contributed by atoms with van der Waals surface area (Å²) in [7, 11) is 0. The molecule has 3 rings (SSSR count). The number of amides is 1. The minimum absolute atomic E-state index is 0.0221. The molecule has 1 unspecified atom stereocenters. The van der Waals surface area contributed by atoms with E-state index in [2.05, 4.69) is 10.3 Å². The first-order valence-corrected chi connectivity index (χ1v) is 7.49. The second-order valence-corrected chi connectivity index (χ2v) is 5.88. The van der Waals surface area contributed by atoms with Gasteiger partial charge in [-0.3, -0.25) is 9.78 Å². The van der Waals surface area contributed by atoms with Crippen LogP contribution in [0.3, 0.4) is 0 Å². The summed E-state index contributed by atoms with van der Waals surface area (Å²) in [6, 6.07) is 6.81. The van der Waals surface area contributed by atoms with Crippen LogP contribution in [-0.2, 0) is 4.79 Å². The quantitative estimate of drug-likeness (QED) is 0.921. The van der Waals surface area contributed by atoms with E-state index in [1.54, 1.807) is 12.1 Å². The molecule has 1 fully saturated rings. The molecule has 1 amide bonds. The summed E-state index contributed by atoms with van der Waals surface area (Å²) in [5.41, 5.74) is 1.42. The number of hydrogen-bond donors (Lipinski definition) is 1. The van der Waals surface area contributed by atoms with Crippen LogP contribution in [0.1, 0.15) is 32.6 Å². The maximum Gasteiger partial charge on any atom is 0.227 e. The third-order valence-electron chi connectivity index (χ3n) is 4.44. The van der Waals surface area contributed by atoms with E-state index in [0.29, 0.717) is 17.0 Å². The zero-order valence-corrected chi connectivity index (χ0v) is 12.1. The Kier molecular flexibility index (Phi) is 3.86. The van der Waals surface area contributed by atoms with Gasteiger partial charge >= 0.3 is 0 Å². The molecule has 0 radical (unpaired) electrons. The molecule has 0 saturated heterocycles. The Morgan fingerprint density at radius 2 is 2.10 bits per heavy atom. The fraction of sp³-hybridized carbons (Fsp3) is 0.412. The second kappa shape index (κ2) is 5.80. The predicted molar refractivity (Wildman–Crippen MR) is 81.5 cm³/mol. The van der Waals surface area contributed by atoms with Crippen LogP contribution in [0.5, 0.6) is 0 Å². The first-order chi connectivity index (χ1) is 10.1. The van der Waals surface area contributed by atoms with Crippen molar-refractivity contribution in [3.63, 3.8) is 0 Å². The molecular weight excluding hydrogens is 267 g/mol. The average molecular weight is 286 g/mol. The molecular formula is C17H19FN2O. The number of halogens is 1. The van der Waals surface area contributed by atoms with Gasteiger partial charge in [-0.15, -0.1) is 0 Å². The van der Waals surface area contributed by atoms with Crippen LogP contribution in [0.25, 0.3) is 10.9 Å². The maximum atomic E-state index is 13.2. The van der Waals surface area contributed by atoms with E-state index in [9.17, 15) is 9.18 Å². The maximum absolute atomic E-state index is 13.2. The zero-order chi connectivity index (χ0) is 14.8. The fourth-order valence-corrected chi connectivity index (χ4v) is 3.11. The summed E-state index contributed by atoms with van der Waals surface area (Å²) in [5, 5.41) is 3.64. The van der Waals surface area contributed by atoms with Crippen molar-refractivity contribution in [2.75, 3.05) is 5.32 Å². The fourth-order valence-electron chi connectivity index (χ4n) is 3.11. The average Bonchev–Trinajstić information content (AvgIpc) is 3.00. The number of fused-ring (bicyclic) bond motifs is 1. The first kappa shape index (κ1) is 14.0. The van der Waals surface area contributed by atoms with Crippen LogP contribution < -0.4 is 5.32 Å². The molecule has 0 aliphatic heterocycles. The van der Waals surface area contributed by atoms with Crippen molar-refractivity contribution in [3.05, 3.63) is 36.3 Å². The lowest BCUT2D eigenvalue weighted by Crippen LogP contribution is -2.25. The highest BCUT2D eigenvalue weighted by atomic mass is 19.1. The monoisotopic (exact) mass is 286 g/mol. The number of nitrogens with zero attached hydrogens (tertiary/aromatic N) is 1. The van der Waals surface area contributed by atoms with Crippen LogP contribution in [0.15, 0.2) is 30.5 Å². The molecule has 0 bridgehead atoms. The molecule has 110 valence electrons. The van der Waals surface area contributed by atoms with Gasteiger partial charge in [0.15, 0.2) is 0 Å². The van der Waals surface area contributed by atoms with Crippen LogP contribution in [-0.4, -0.2) is 10.9 Å². The highest BCUT2D eigenvalue weighted by Gasteiger charge is 2.26. The zero-order valence-electron chi connectivity index (χ0n) is 12.1. The van der Waals surface area contributed by atoms with Crippen LogP contribution in [0, 0.1) is 17.7 Å². The Bertz CT molecular complexity index is 665. The lowest BCUT2D eigenvalue weighted by molar-refractivity contribution is -0.120. The van der Waals surface area contributed by atoms with E-state index < -0.39 is 0 Å². The van der Waals surface area contributed by atoms with Crippen LogP contribution in [0.2, 0.25) is 0 Å². The molecule has 1 atom stereocenters. The van der Waals surface area contributed by atoms with Crippen molar-refractivity contribution >= 4 is 22.5 Å². The SMILES string of the molecule is CC(C(=O)Nc1ccc2ncc(F)cc2c1)C1CCCC1. The van der Waals surface area contributed by atoms with Crippen molar-refractivity contribution in [2.45, 2.75) is 32.6 Å². The van der Waals surface area contributed by atoms with Gasteiger partial charge in [0.2, 0.25) is 5.91 Å². The molecule has 1 aliphatic rings. The van der Waals surface area contributed by atoms with Gasteiger partial charge in [0.05, 0.1) is 11.7 Å². The number of aromatic nitrogens is 1. The van der Waals surface area contributed by atoms with E-state index in [1.807, 2.05) is 13.0 Å². The van der Waals surface area contributed by atoms with E-state index in [0.717, 1.165) is 18.4 Å². The number of benzene rings is 1. The summed E-state index contributed by atoms with van der Waals surface area (Å²) in [5.74, 6) is 0.189. The van der Waals surface area contributed by atoms with Gasteiger partial charge in [0, 0.05) is 17.0 Å². The third-order valence-corrected chi connectivity index (χ3v) is 4.44. The van der Waals surface area contributed by atoms with Gasteiger partial charge in [-0.05, 0) is 43.0 Å². The van der Waals surface area contributed by atoms with Gasteiger partial charge in [-0.2, -0.15) is 0 Å². The Morgan fingerprint density at radius 1 is 1.33 bits per heavy atom. The predicted octanol–water partition coefficient (Wildman–Crippen LogP) is 4.14. The van der Waals surface area contributed by atoms with E-state index in [1.165, 1.54) is 25.1 Å². The lowest BCUT2D eigenvalue weighted by Gasteiger charge is -2.18. The van der Waals surface area contributed by atoms with Gasteiger partial charge in [0.25, 0.3) is 0 Å². The topological polar surface area (TPSA) is 42.0 Å². The molecule has 1 N–H and O–H groups in total. The van der Waals surface area contributed by atoms with Gasteiger partial charge in [0.1, 0.15) is 5.82 Å². The molecule has 4 heteroatoms. The van der Waals surface area contributed by atoms with E-state index >= 15 is 0 Å². The van der Waals surface area contributed by atoms with Crippen molar-refractivity contribution in [2.24, 2.45) is 11.8 Å². The highest BCUT2D eigenvalue weighted by molar-refractivity contribution is 5.94. The number of nitrogens with one attached hydrogen (secondary N) is 1. The first-order valence-electron chi connectivity index (χ1n) is 7.49. The number of pyridine rings is 1. The number of carbonyl (C=O) groups is 1. The van der Waals surface area contributed by atoms with Crippen molar-refractivity contribution in [1.29, 1.82) is 0 Å². The molecule has 2 aromatic rings. The third kappa shape index (κ3) is 3.04. The van der Waals surface area contributed by atoms with E-state index in [4.69, 9.17) is 0 Å². The molecule has 21 heavy (non-hydrogen) atoms. The minimum atomic E-state index is -0.370. The Morgan fingerprint density at radius 3 is 2.86 bits per heavy atom. The Balaban J connectivity index is 1.76. The molecule has 1 heterocycles. The summed E-state index contributed by atoms with van der Waals surface area (Å²) in [6.07, 6.45) is 5.93. The number of hydrogen-bond acceptors (Lipinski definition) is 2. The van der Waals surface area contributed by atoms with Gasteiger partial charge in [-0.1, -0.05) is 19.8 Å². The van der Waals surface area contributed by atoms with Crippen molar-refractivity contribution < 1.29 is 9.18 Å². The molecule has 1 aliphatic carbocycles. The molecule has 3 nitrogen and oxygen atoms in total. The van der Waals surface area contributed by atoms with Crippen molar-refractivity contribution in [1.82, 2.24) is 4.98 Å². The van der Waals surface area contributed by atoms with E-state index in [-0.39, 0.29) is 17.6 Å². The highest BCUT2D eigenvalue weighted by Crippen LogP contribution is 2.32. The summed E-state index contributed by atoms with van der Waals surface area (Å²) in [6.45, 7) is 1.99. The van der Waals surface area contributed by atoms with Crippen LogP contribution >= 0.6 is 0 Å². The smallest absolute Gasteiger partial charge is 0.227 e. The summed E-state index contributed by atoms with van der Waals surface area (Å²) < 4.78 is 13.2.